The number of rotatable bonds is 8. The Hall–Kier alpha value is -2.83. The molecule has 0 fully saturated rings. The van der Waals surface area contributed by atoms with Gasteiger partial charge >= 0.3 is 0 Å². The Balaban J connectivity index is 1.78. The van der Waals surface area contributed by atoms with E-state index in [0.717, 1.165) is 16.8 Å². The van der Waals surface area contributed by atoms with Crippen LogP contribution in [0.25, 0.3) is 10.8 Å². The number of carbonyl (C=O) groups excluding carboxylic acids is 1. The third-order valence-corrected chi connectivity index (χ3v) is 4.90. The minimum atomic E-state index is -0.947. The molecular formula is C23H23F2NO3. The standard InChI is InChI=1S/C23H23F2NO3/c24-21-7-3-6-17(22(21)25)13-19(10-11-20(28)14-27)26-23(29)18-9-8-15-4-1-2-5-16(15)12-18/h1-9,12,19-20,27-28H,10-11,13-14H2,(H,26,29). The zero-order chi connectivity index (χ0) is 20.8. The van der Waals surface area contributed by atoms with Gasteiger partial charge in [0.2, 0.25) is 0 Å². The van der Waals surface area contributed by atoms with Gasteiger partial charge in [0, 0.05) is 11.6 Å². The van der Waals surface area contributed by atoms with E-state index in [2.05, 4.69) is 5.32 Å². The highest BCUT2D eigenvalue weighted by atomic mass is 19.2. The first kappa shape index (κ1) is 20.9. The molecular weight excluding hydrogens is 376 g/mol. The molecule has 0 saturated heterocycles. The van der Waals surface area contributed by atoms with Crippen molar-refractivity contribution in [2.75, 3.05) is 6.61 Å². The second-order valence-corrected chi connectivity index (χ2v) is 7.06. The number of amides is 1. The fourth-order valence-corrected chi connectivity index (χ4v) is 3.28. The monoisotopic (exact) mass is 399 g/mol. The van der Waals surface area contributed by atoms with Crippen LogP contribution in [-0.2, 0) is 6.42 Å². The summed E-state index contributed by atoms with van der Waals surface area (Å²) in [6, 6.07) is 16.4. The van der Waals surface area contributed by atoms with E-state index >= 15 is 0 Å². The summed E-state index contributed by atoms with van der Waals surface area (Å²) in [5, 5.41) is 23.5. The molecule has 6 heteroatoms. The molecule has 3 rings (SSSR count). The molecule has 3 N–H and O–H groups in total. The van der Waals surface area contributed by atoms with Gasteiger partial charge in [0.15, 0.2) is 11.6 Å². The number of carbonyl (C=O) groups is 1. The van der Waals surface area contributed by atoms with Gasteiger partial charge in [-0.1, -0.05) is 42.5 Å². The summed E-state index contributed by atoms with van der Waals surface area (Å²) in [7, 11) is 0. The van der Waals surface area contributed by atoms with E-state index in [1.165, 1.54) is 12.1 Å². The number of aliphatic hydroxyl groups is 2. The molecule has 3 aromatic rings. The largest absolute Gasteiger partial charge is 0.394 e. The minimum Gasteiger partial charge on any atom is -0.394 e. The van der Waals surface area contributed by atoms with Gasteiger partial charge in [-0.25, -0.2) is 8.78 Å². The predicted octanol–water partition coefficient (Wildman–Crippen LogP) is 3.59. The van der Waals surface area contributed by atoms with E-state index in [4.69, 9.17) is 5.11 Å². The van der Waals surface area contributed by atoms with Crippen molar-refractivity contribution in [2.24, 2.45) is 0 Å². The van der Waals surface area contributed by atoms with E-state index in [1.54, 1.807) is 12.1 Å². The van der Waals surface area contributed by atoms with E-state index in [9.17, 15) is 18.7 Å². The molecule has 2 atom stereocenters. The summed E-state index contributed by atoms with van der Waals surface area (Å²) >= 11 is 0. The van der Waals surface area contributed by atoms with Crippen molar-refractivity contribution in [2.45, 2.75) is 31.4 Å². The number of halogens is 2. The Kier molecular flexibility index (Phi) is 6.90. The van der Waals surface area contributed by atoms with E-state index < -0.39 is 30.4 Å². The topological polar surface area (TPSA) is 69.6 Å². The highest BCUT2D eigenvalue weighted by molar-refractivity contribution is 5.98. The summed E-state index contributed by atoms with van der Waals surface area (Å²) in [5.41, 5.74) is 0.600. The molecule has 0 aliphatic heterocycles. The quantitative estimate of drug-likeness (QED) is 0.542. The first-order chi connectivity index (χ1) is 14.0. The van der Waals surface area contributed by atoms with Gasteiger partial charge < -0.3 is 15.5 Å². The average Bonchev–Trinajstić information content (AvgIpc) is 2.74. The van der Waals surface area contributed by atoms with Gasteiger partial charge in [0.25, 0.3) is 5.91 Å². The van der Waals surface area contributed by atoms with Crippen LogP contribution in [0.5, 0.6) is 0 Å². The Labute approximate surface area is 167 Å². The van der Waals surface area contributed by atoms with Crippen molar-refractivity contribution in [3.8, 4) is 0 Å². The average molecular weight is 399 g/mol. The third-order valence-electron chi connectivity index (χ3n) is 4.90. The molecule has 0 radical (unpaired) electrons. The van der Waals surface area contributed by atoms with Crippen LogP contribution in [0, 0.1) is 11.6 Å². The van der Waals surface area contributed by atoms with E-state index in [1.807, 2.05) is 30.3 Å². The molecule has 1 amide bonds. The molecule has 0 spiro atoms. The molecule has 0 aliphatic rings. The molecule has 0 heterocycles. The van der Waals surface area contributed by atoms with Crippen molar-refractivity contribution in [1.29, 1.82) is 0 Å². The summed E-state index contributed by atoms with van der Waals surface area (Å²) in [5.74, 6) is -2.23. The van der Waals surface area contributed by atoms with E-state index in [-0.39, 0.29) is 24.3 Å². The van der Waals surface area contributed by atoms with Crippen LogP contribution in [-0.4, -0.2) is 34.9 Å². The normalized spacial score (nSPS) is 13.2. The minimum absolute atomic E-state index is 0.0705. The van der Waals surface area contributed by atoms with Crippen molar-refractivity contribution in [3.05, 3.63) is 83.4 Å². The zero-order valence-electron chi connectivity index (χ0n) is 15.8. The van der Waals surface area contributed by atoms with Crippen LogP contribution in [0.3, 0.4) is 0 Å². The number of nitrogens with one attached hydrogen (secondary N) is 1. The number of hydrogen-bond acceptors (Lipinski definition) is 3. The zero-order valence-corrected chi connectivity index (χ0v) is 15.8. The summed E-state index contributed by atoms with van der Waals surface area (Å²) in [6.07, 6.45) is -0.346. The Bertz CT molecular complexity index is 993. The Morgan fingerprint density at radius 3 is 2.48 bits per heavy atom. The molecule has 0 aromatic heterocycles. The Morgan fingerprint density at radius 2 is 1.72 bits per heavy atom. The number of aliphatic hydroxyl groups excluding tert-OH is 2. The first-order valence-electron chi connectivity index (χ1n) is 9.49. The maximum absolute atomic E-state index is 14.1. The lowest BCUT2D eigenvalue weighted by molar-refractivity contribution is 0.0810. The molecule has 3 aromatic carbocycles. The molecule has 4 nitrogen and oxygen atoms in total. The highest BCUT2D eigenvalue weighted by Crippen LogP contribution is 2.18. The van der Waals surface area contributed by atoms with Crippen molar-refractivity contribution >= 4 is 16.7 Å². The van der Waals surface area contributed by atoms with Gasteiger partial charge in [0.05, 0.1) is 12.7 Å². The van der Waals surface area contributed by atoms with Gasteiger partial charge in [-0.2, -0.15) is 0 Å². The highest BCUT2D eigenvalue weighted by Gasteiger charge is 2.19. The van der Waals surface area contributed by atoms with Crippen LogP contribution in [0.2, 0.25) is 0 Å². The van der Waals surface area contributed by atoms with Crippen LogP contribution in [0.4, 0.5) is 8.78 Å². The predicted molar refractivity (Wildman–Crippen MR) is 108 cm³/mol. The molecule has 2 unspecified atom stereocenters. The lowest BCUT2D eigenvalue weighted by atomic mass is 9.98. The van der Waals surface area contributed by atoms with Crippen LogP contribution >= 0.6 is 0 Å². The van der Waals surface area contributed by atoms with Gasteiger partial charge in [-0.05, 0) is 53.8 Å². The van der Waals surface area contributed by atoms with Gasteiger partial charge in [-0.15, -0.1) is 0 Å². The van der Waals surface area contributed by atoms with Gasteiger partial charge in [0.1, 0.15) is 0 Å². The number of benzene rings is 3. The molecule has 0 bridgehead atoms. The summed E-state index contributed by atoms with van der Waals surface area (Å²) in [4.78, 5) is 12.8. The molecule has 0 saturated carbocycles. The molecule has 29 heavy (non-hydrogen) atoms. The lowest BCUT2D eigenvalue weighted by Gasteiger charge is -2.21. The molecule has 0 aliphatic carbocycles. The van der Waals surface area contributed by atoms with Gasteiger partial charge in [-0.3, -0.25) is 4.79 Å². The van der Waals surface area contributed by atoms with Crippen molar-refractivity contribution < 1.29 is 23.8 Å². The number of fused-ring (bicyclic) bond motifs is 1. The van der Waals surface area contributed by atoms with Crippen LogP contribution < -0.4 is 5.32 Å². The smallest absolute Gasteiger partial charge is 0.251 e. The van der Waals surface area contributed by atoms with Crippen molar-refractivity contribution in [3.63, 3.8) is 0 Å². The number of hydrogen-bond donors (Lipinski definition) is 3. The fraction of sp³-hybridized carbons (Fsp3) is 0.261. The summed E-state index contributed by atoms with van der Waals surface area (Å²) in [6.45, 7) is -0.403. The van der Waals surface area contributed by atoms with Crippen molar-refractivity contribution in [1.82, 2.24) is 5.32 Å². The second kappa shape index (κ2) is 9.58. The SMILES string of the molecule is O=C(NC(CCC(O)CO)Cc1cccc(F)c1F)c1ccc2ccccc2c1. The van der Waals surface area contributed by atoms with E-state index in [0.29, 0.717) is 12.0 Å². The molecule has 152 valence electrons. The fourth-order valence-electron chi connectivity index (χ4n) is 3.28. The second-order valence-electron chi connectivity index (χ2n) is 7.06. The Morgan fingerprint density at radius 1 is 0.966 bits per heavy atom. The maximum Gasteiger partial charge on any atom is 0.251 e. The van der Waals surface area contributed by atoms with Crippen LogP contribution in [0.15, 0.2) is 60.7 Å². The maximum atomic E-state index is 14.1. The lowest BCUT2D eigenvalue weighted by Crippen LogP contribution is -2.37. The third kappa shape index (κ3) is 5.37. The first-order valence-corrected chi connectivity index (χ1v) is 9.49. The summed E-state index contributed by atoms with van der Waals surface area (Å²) < 4.78 is 27.6. The van der Waals surface area contributed by atoms with Crippen LogP contribution in [0.1, 0.15) is 28.8 Å².